The molecular formula is C14H22N2OS. The summed E-state index contributed by atoms with van der Waals surface area (Å²) < 4.78 is 5.63. The second kappa shape index (κ2) is 8.03. The van der Waals surface area contributed by atoms with E-state index in [2.05, 4.69) is 31.8 Å². The van der Waals surface area contributed by atoms with Gasteiger partial charge in [-0.1, -0.05) is 37.7 Å². The van der Waals surface area contributed by atoms with E-state index in [1.54, 1.807) is 11.8 Å². The summed E-state index contributed by atoms with van der Waals surface area (Å²) in [7, 11) is 0. The van der Waals surface area contributed by atoms with Crippen molar-refractivity contribution in [1.29, 1.82) is 0 Å². The highest BCUT2D eigenvalue weighted by Crippen LogP contribution is 2.12. The number of aliphatic imine (C=N–C) groups is 1. The van der Waals surface area contributed by atoms with Crippen LogP contribution in [-0.2, 0) is 0 Å². The largest absolute Gasteiger partial charge is 0.493 e. The molecule has 0 spiro atoms. The van der Waals surface area contributed by atoms with Crippen LogP contribution < -0.4 is 10.5 Å². The first-order valence-corrected chi connectivity index (χ1v) is 7.18. The summed E-state index contributed by atoms with van der Waals surface area (Å²) in [6.45, 7) is 7.74. The van der Waals surface area contributed by atoms with Crippen molar-refractivity contribution in [3.8, 4) is 5.75 Å². The van der Waals surface area contributed by atoms with Gasteiger partial charge in [0.15, 0.2) is 5.17 Å². The molecule has 0 amide bonds. The Morgan fingerprint density at radius 1 is 1.44 bits per heavy atom. The van der Waals surface area contributed by atoms with Crippen molar-refractivity contribution in [2.75, 3.05) is 18.9 Å². The van der Waals surface area contributed by atoms with E-state index in [1.165, 1.54) is 5.56 Å². The lowest BCUT2D eigenvalue weighted by Crippen LogP contribution is -2.12. The third-order valence-electron chi connectivity index (χ3n) is 2.20. The van der Waals surface area contributed by atoms with Crippen LogP contribution >= 0.6 is 11.8 Å². The van der Waals surface area contributed by atoms with Crippen LogP contribution in [0.4, 0.5) is 0 Å². The number of thioether (sulfide) groups is 1. The van der Waals surface area contributed by atoms with E-state index in [4.69, 9.17) is 10.5 Å². The van der Waals surface area contributed by atoms with Crippen molar-refractivity contribution in [2.45, 2.75) is 20.8 Å². The maximum Gasteiger partial charge on any atom is 0.154 e. The van der Waals surface area contributed by atoms with Gasteiger partial charge in [-0.25, -0.2) is 0 Å². The van der Waals surface area contributed by atoms with E-state index < -0.39 is 0 Å². The Kier molecular flexibility index (Phi) is 6.65. The zero-order chi connectivity index (χ0) is 13.4. The molecule has 3 nitrogen and oxygen atoms in total. The Morgan fingerprint density at radius 2 is 2.22 bits per heavy atom. The molecule has 0 saturated heterocycles. The minimum absolute atomic E-state index is 0.549. The highest BCUT2D eigenvalue weighted by Gasteiger charge is 1.98. The number of aryl methyl sites for hydroxylation is 1. The molecule has 0 saturated carbocycles. The molecule has 0 bridgehead atoms. The number of amidine groups is 1. The average molecular weight is 266 g/mol. The van der Waals surface area contributed by atoms with Gasteiger partial charge in [0.1, 0.15) is 5.75 Å². The summed E-state index contributed by atoms with van der Waals surface area (Å²) in [6.07, 6.45) is 0. The second-order valence-electron chi connectivity index (χ2n) is 4.59. The summed E-state index contributed by atoms with van der Waals surface area (Å²) >= 11 is 1.54. The number of rotatable bonds is 6. The molecule has 0 aliphatic carbocycles. The number of hydrogen-bond acceptors (Lipinski definition) is 3. The Balaban J connectivity index is 2.20. The van der Waals surface area contributed by atoms with E-state index in [9.17, 15) is 0 Å². The molecule has 0 fully saturated rings. The summed E-state index contributed by atoms with van der Waals surface area (Å²) in [4.78, 5) is 4.28. The molecule has 0 aliphatic heterocycles. The van der Waals surface area contributed by atoms with Crippen LogP contribution in [0.15, 0.2) is 29.3 Å². The fraction of sp³-hybridized carbons (Fsp3) is 0.500. The predicted molar refractivity (Wildman–Crippen MR) is 80.5 cm³/mol. The van der Waals surface area contributed by atoms with Crippen molar-refractivity contribution in [2.24, 2.45) is 16.6 Å². The molecule has 1 aromatic rings. The quantitative estimate of drug-likeness (QED) is 0.489. The molecule has 100 valence electrons. The first-order chi connectivity index (χ1) is 8.58. The highest BCUT2D eigenvalue weighted by atomic mass is 32.2. The average Bonchev–Trinajstić information content (AvgIpc) is 2.32. The van der Waals surface area contributed by atoms with E-state index >= 15 is 0 Å². The molecule has 1 aromatic carbocycles. The Hall–Kier alpha value is -1.16. The lowest BCUT2D eigenvalue weighted by atomic mass is 10.2. The molecule has 0 aromatic heterocycles. The van der Waals surface area contributed by atoms with Crippen LogP contribution in [-0.4, -0.2) is 24.1 Å². The number of ether oxygens (including phenoxy) is 1. The number of nitrogens with two attached hydrogens (primary N) is 1. The van der Waals surface area contributed by atoms with Crippen molar-refractivity contribution in [3.05, 3.63) is 29.8 Å². The van der Waals surface area contributed by atoms with Gasteiger partial charge in [0.25, 0.3) is 0 Å². The molecule has 0 atom stereocenters. The fourth-order valence-corrected chi connectivity index (χ4v) is 1.87. The summed E-state index contributed by atoms with van der Waals surface area (Å²) in [5.74, 6) is 2.28. The molecule has 1 rings (SSSR count). The smallest absolute Gasteiger partial charge is 0.154 e. The number of benzene rings is 1. The Labute approximate surface area is 114 Å². The van der Waals surface area contributed by atoms with Crippen LogP contribution in [0.5, 0.6) is 5.75 Å². The van der Waals surface area contributed by atoms with Gasteiger partial charge in [-0.3, -0.25) is 4.99 Å². The van der Waals surface area contributed by atoms with E-state index in [0.29, 0.717) is 17.7 Å². The SMILES string of the molecule is Cc1cccc(OCCSC(N)=NCC(C)C)c1. The lowest BCUT2D eigenvalue weighted by Gasteiger charge is -2.06. The third kappa shape index (κ3) is 6.55. The third-order valence-corrected chi connectivity index (χ3v) is 3.00. The van der Waals surface area contributed by atoms with Crippen LogP contribution in [0, 0.1) is 12.8 Å². The molecule has 0 radical (unpaired) electrons. The predicted octanol–water partition coefficient (Wildman–Crippen LogP) is 3.08. The van der Waals surface area contributed by atoms with Crippen molar-refractivity contribution in [1.82, 2.24) is 0 Å². The van der Waals surface area contributed by atoms with Gasteiger partial charge in [0.05, 0.1) is 6.61 Å². The molecular weight excluding hydrogens is 244 g/mol. The van der Waals surface area contributed by atoms with Gasteiger partial charge in [-0.15, -0.1) is 0 Å². The second-order valence-corrected chi connectivity index (χ2v) is 5.70. The van der Waals surface area contributed by atoms with E-state index in [0.717, 1.165) is 18.0 Å². The topological polar surface area (TPSA) is 47.6 Å². The molecule has 0 unspecified atom stereocenters. The van der Waals surface area contributed by atoms with Gasteiger partial charge < -0.3 is 10.5 Å². The van der Waals surface area contributed by atoms with Gasteiger partial charge >= 0.3 is 0 Å². The Morgan fingerprint density at radius 3 is 2.89 bits per heavy atom. The van der Waals surface area contributed by atoms with Crippen molar-refractivity contribution >= 4 is 16.9 Å². The highest BCUT2D eigenvalue weighted by molar-refractivity contribution is 8.13. The normalized spacial score (nSPS) is 11.9. The number of nitrogens with zero attached hydrogens (tertiary/aromatic N) is 1. The van der Waals surface area contributed by atoms with Crippen LogP contribution in [0.25, 0.3) is 0 Å². The molecule has 0 aliphatic rings. The van der Waals surface area contributed by atoms with E-state index in [1.807, 2.05) is 18.2 Å². The molecule has 2 N–H and O–H groups in total. The van der Waals surface area contributed by atoms with E-state index in [-0.39, 0.29) is 0 Å². The first kappa shape index (κ1) is 14.9. The standard InChI is InChI=1S/C14H22N2OS/c1-11(2)10-16-14(15)18-8-7-17-13-6-4-5-12(3)9-13/h4-6,9,11H,7-8,10H2,1-3H3,(H2,15,16). The summed E-state index contributed by atoms with van der Waals surface area (Å²) in [6, 6.07) is 8.04. The first-order valence-electron chi connectivity index (χ1n) is 6.20. The zero-order valence-corrected chi connectivity index (χ0v) is 12.2. The maximum absolute atomic E-state index is 5.78. The van der Waals surface area contributed by atoms with Gasteiger partial charge in [-0.05, 0) is 30.5 Å². The van der Waals surface area contributed by atoms with Crippen LogP contribution in [0.1, 0.15) is 19.4 Å². The van der Waals surface area contributed by atoms with Crippen LogP contribution in [0.2, 0.25) is 0 Å². The monoisotopic (exact) mass is 266 g/mol. The number of hydrogen-bond donors (Lipinski definition) is 1. The lowest BCUT2D eigenvalue weighted by molar-refractivity contribution is 0.344. The van der Waals surface area contributed by atoms with Gasteiger partial charge in [0, 0.05) is 12.3 Å². The van der Waals surface area contributed by atoms with Gasteiger partial charge in [0.2, 0.25) is 0 Å². The maximum atomic E-state index is 5.78. The fourth-order valence-electron chi connectivity index (χ4n) is 1.33. The minimum atomic E-state index is 0.549. The summed E-state index contributed by atoms with van der Waals surface area (Å²) in [5, 5.41) is 0.650. The molecule has 0 heterocycles. The van der Waals surface area contributed by atoms with Crippen LogP contribution in [0.3, 0.4) is 0 Å². The van der Waals surface area contributed by atoms with Crippen molar-refractivity contribution in [3.63, 3.8) is 0 Å². The Bertz CT molecular complexity index is 391. The molecule has 18 heavy (non-hydrogen) atoms. The zero-order valence-electron chi connectivity index (χ0n) is 11.3. The molecule has 4 heteroatoms. The minimum Gasteiger partial charge on any atom is -0.493 e. The summed E-state index contributed by atoms with van der Waals surface area (Å²) in [5.41, 5.74) is 6.99. The van der Waals surface area contributed by atoms with Gasteiger partial charge in [-0.2, -0.15) is 0 Å². The van der Waals surface area contributed by atoms with Crippen molar-refractivity contribution < 1.29 is 4.74 Å².